The molecule has 1 N–H and O–H groups in total. The van der Waals surface area contributed by atoms with Gasteiger partial charge in [0.1, 0.15) is 0 Å². The largest absolute Gasteiger partial charge is 0.359 e. The lowest BCUT2D eigenvalue weighted by atomic mass is 10.2. The molecule has 0 saturated carbocycles. The Bertz CT molecular complexity index is 733. The van der Waals surface area contributed by atoms with E-state index in [-0.39, 0.29) is 11.5 Å². The quantitative estimate of drug-likeness (QED) is 0.577. The number of carbonyl (C=O) groups excluding carboxylic acids is 1. The van der Waals surface area contributed by atoms with Crippen molar-refractivity contribution < 1.29 is 4.79 Å². The molecule has 106 valence electrons. The lowest BCUT2D eigenvalue weighted by molar-refractivity contribution is 0.101. The molecule has 0 aliphatic carbocycles. The van der Waals surface area contributed by atoms with E-state index in [0.717, 1.165) is 5.69 Å². The van der Waals surface area contributed by atoms with Crippen LogP contribution in [0.25, 0.3) is 5.69 Å². The molecule has 0 aliphatic heterocycles. The molecule has 6 nitrogen and oxygen atoms in total. The summed E-state index contributed by atoms with van der Waals surface area (Å²) in [6.07, 6.45) is 1.73. The van der Waals surface area contributed by atoms with E-state index in [9.17, 15) is 4.79 Å². The lowest BCUT2D eigenvalue weighted by Gasteiger charge is -2.04. The average molecular weight is 299 g/mol. The maximum Gasteiger partial charge on any atom is 0.214 e. The summed E-state index contributed by atoms with van der Waals surface area (Å²) >= 11 is 1.32. The van der Waals surface area contributed by atoms with E-state index in [1.807, 2.05) is 31.2 Å². The highest BCUT2D eigenvalue weighted by atomic mass is 32.2. The van der Waals surface area contributed by atoms with Crippen LogP contribution in [0.15, 0.2) is 47.8 Å². The fourth-order valence-electron chi connectivity index (χ4n) is 1.83. The highest BCUT2D eigenvalue weighted by Crippen LogP contribution is 2.19. The van der Waals surface area contributed by atoms with Gasteiger partial charge >= 0.3 is 0 Å². The second-order valence-corrected chi connectivity index (χ2v) is 5.45. The van der Waals surface area contributed by atoms with Gasteiger partial charge < -0.3 is 4.98 Å². The lowest BCUT2D eigenvalue weighted by Crippen LogP contribution is -2.05. The van der Waals surface area contributed by atoms with Crippen molar-refractivity contribution in [2.24, 2.45) is 0 Å². The standard InChI is InChI=1S/C14H13N5OS/c1-10-4-6-11(7-5-10)19-14(16-17-18-19)21-9-13(20)12-3-2-8-15-12/h2-8,15H,9H2,1H3. The Labute approximate surface area is 125 Å². The highest BCUT2D eigenvalue weighted by molar-refractivity contribution is 7.99. The highest BCUT2D eigenvalue weighted by Gasteiger charge is 2.13. The zero-order chi connectivity index (χ0) is 14.7. The van der Waals surface area contributed by atoms with Crippen LogP contribution in [-0.2, 0) is 0 Å². The van der Waals surface area contributed by atoms with E-state index in [4.69, 9.17) is 0 Å². The number of tetrazole rings is 1. The molecule has 2 heterocycles. The van der Waals surface area contributed by atoms with Crippen molar-refractivity contribution in [3.63, 3.8) is 0 Å². The van der Waals surface area contributed by atoms with Crippen LogP contribution in [0, 0.1) is 6.92 Å². The van der Waals surface area contributed by atoms with Gasteiger partial charge in [0.15, 0.2) is 5.78 Å². The zero-order valence-electron chi connectivity index (χ0n) is 11.4. The normalized spacial score (nSPS) is 10.7. The minimum absolute atomic E-state index is 0.0171. The molecule has 0 radical (unpaired) electrons. The number of ketones is 1. The van der Waals surface area contributed by atoms with Gasteiger partial charge in [0.05, 0.1) is 17.1 Å². The summed E-state index contributed by atoms with van der Waals surface area (Å²) in [7, 11) is 0. The molecule has 3 aromatic rings. The molecule has 7 heteroatoms. The zero-order valence-corrected chi connectivity index (χ0v) is 12.2. The molecule has 0 fully saturated rings. The van der Waals surface area contributed by atoms with Crippen LogP contribution in [0.1, 0.15) is 16.1 Å². The van der Waals surface area contributed by atoms with Gasteiger partial charge in [-0.05, 0) is 41.6 Å². The van der Waals surface area contributed by atoms with Gasteiger partial charge in [-0.25, -0.2) is 0 Å². The van der Waals surface area contributed by atoms with Crippen molar-refractivity contribution >= 4 is 17.5 Å². The number of aromatic nitrogens is 5. The van der Waals surface area contributed by atoms with Crippen molar-refractivity contribution in [3.05, 3.63) is 53.9 Å². The fourth-order valence-corrected chi connectivity index (χ4v) is 2.60. The van der Waals surface area contributed by atoms with Crippen molar-refractivity contribution in [2.75, 3.05) is 5.75 Å². The first-order valence-electron chi connectivity index (χ1n) is 6.39. The molecule has 0 aliphatic rings. The molecule has 0 amide bonds. The minimum Gasteiger partial charge on any atom is -0.359 e. The third-order valence-corrected chi connectivity index (χ3v) is 3.87. The van der Waals surface area contributed by atoms with E-state index in [2.05, 4.69) is 20.5 Å². The van der Waals surface area contributed by atoms with Gasteiger partial charge in [-0.1, -0.05) is 29.5 Å². The van der Waals surface area contributed by atoms with Gasteiger partial charge in [0.2, 0.25) is 5.16 Å². The third kappa shape index (κ3) is 3.03. The van der Waals surface area contributed by atoms with Crippen LogP contribution in [0.3, 0.4) is 0 Å². The molecular weight excluding hydrogens is 286 g/mol. The minimum atomic E-state index is 0.0171. The van der Waals surface area contributed by atoms with Crippen LogP contribution >= 0.6 is 11.8 Å². The van der Waals surface area contributed by atoms with Crippen molar-refractivity contribution in [2.45, 2.75) is 12.1 Å². The Morgan fingerprint density at radius 2 is 2.10 bits per heavy atom. The van der Waals surface area contributed by atoms with Gasteiger partial charge in [0.25, 0.3) is 0 Å². The number of benzene rings is 1. The van der Waals surface area contributed by atoms with Crippen molar-refractivity contribution in [1.82, 2.24) is 25.2 Å². The van der Waals surface area contributed by atoms with Gasteiger partial charge in [-0.3, -0.25) is 4.79 Å². The summed E-state index contributed by atoms with van der Waals surface area (Å²) in [4.78, 5) is 14.9. The fraction of sp³-hybridized carbons (Fsp3) is 0.143. The van der Waals surface area contributed by atoms with E-state index in [1.165, 1.54) is 17.3 Å². The first-order chi connectivity index (χ1) is 10.2. The smallest absolute Gasteiger partial charge is 0.214 e. The predicted molar refractivity (Wildman–Crippen MR) is 79.7 cm³/mol. The van der Waals surface area contributed by atoms with Crippen LogP contribution in [0.5, 0.6) is 0 Å². The summed E-state index contributed by atoms with van der Waals surface area (Å²) < 4.78 is 1.63. The number of aromatic amines is 1. The first kappa shape index (κ1) is 13.6. The van der Waals surface area contributed by atoms with Gasteiger partial charge in [-0.15, -0.1) is 5.10 Å². The number of H-pyrrole nitrogens is 1. The first-order valence-corrected chi connectivity index (χ1v) is 7.37. The summed E-state index contributed by atoms with van der Waals surface area (Å²) in [5.74, 6) is 0.302. The molecule has 3 rings (SSSR count). The molecule has 0 saturated heterocycles. The monoisotopic (exact) mass is 299 g/mol. The topological polar surface area (TPSA) is 76.5 Å². The van der Waals surface area contributed by atoms with Gasteiger partial charge in [-0.2, -0.15) is 4.68 Å². The number of thioether (sulfide) groups is 1. The second-order valence-electron chi connectivity index (χ2n) is 4.50. The molecular formula is C14H13N5OS. The summed E-state index contributed by atoms with van der Waals surface area (Å²) in [5, 5.41) is 12.2. The van der Waals surface area contributed by atoms with Crippen LogP contribution in [0.2, 0.25) is 0 Å². The SMILES string of the molecule is Cc1ccc(-n2nnnc2SCC(=O)c2ccc[nH]2)cc1. The maximum atomic E-state index is 12.0. The number of carbonyl (C=O) groups is 1. The third-order valence-electron chi connectivity index (χ3n) is 2.95. The second kappa shape index (κ2) is 5.92. The Morgan fingerprint density at radius 3 is 2.81 bits per heavy atom. The summed E-state index contributed by atoms with van der Waals surface area (Å²) in [5.41, 5.74) is 2.64. The van der Waals surface area contributed by atoms with E-state index >= 15 is 0 Å². The number of nitrogens with one attached hydrogen (secondary N) is 1. The maximum absolute atomic E-state index is 12.0. The van der Waals surface area contributed by atoms with Crippen LogP contribution < -0.4 is 0 Å². The number of hydrogen-bond acceptors (Lipinski definition) is 5. The van der Waals surface area contributed by atoms with E-state index in [1.54, 1.807) is 23.0 Å². The Balaban J connectivity index is 1.74. The summed E-state index contributed by atoms with van der Waals surface area (Å²) in [6, 6.07) is 11.4. The van der Waals surface area contributed by atoms with Crippen molar-refractivity contribution in [3.8, 4) is 5.69 Å². The van der Waals surface area contributed by atoms with E-state index < -0.39 is 0 Å². The molecule has 2 aromatic heterocycles. The van der Waals surface area contributed by atoms with Crippen molar-refractivity contribution in [1.29, 1.82) is 0 Å². The average Bonchev–Trinajstić information content (AvgIpc) is 3.17. The number of rotatable bonds is 5. The molecule has 0 atom stereocenters. The number of hydrogen-bond donors (Lipinski definition) is 1. The Morgan fingerprint density at radius 1 is 1.29 bits per heavy atom. The number of nitrogens with zero attached hydrogens (tertiary/aromatic N) is 4. The van der Waals surface area contributed by atoms with Gasteiger partial charge in [0, 0.05) is 6.20 Å². The van der Waals surface area contributed by atoms with E-state index in [0.29, 0.717) is 10.9 Å². The predicted octanol–water partition coefficient (Wildman–Crippen LogP) is 2.27. The molecule has 0 bridgehead atoms. The summed E-state index contributed by atoms with van der Waals surface area (Å²) in [6.45, 7) is 2.02. The molecule has 1 aromatic carbocycles. The van der Waals surface area contributed by atoms with Crippen LogP contribution in [0.4, 0.5) is 0 Å². The molecule has 0 spiro atoms. The molecule has 0 unspecified atom stereocenters. The van der Waals surface area contributed by atoms with Crippen LogP contribution in [-0.4, -0.2) is 36.7 Å². The number of aryl methyl sites for hydroxylation is 1. The molecule has 21 heavy (non-hydrogen) atoms. The number of Topliss-reactive ketones (excluding diaryl/α,β-unsaturated/α-hetero) is 1. The Kier molecular flexibility index (Phi) is 3.83. The Hall–Kier alpha value is -2.41.